The summed E-state index contributed by atoms with van der Waals surface area (Å²) < 4.78 is 0. The van der Waals surface area contributed by atoms with Crippen molar-refractivity contribution >= 4 is 11.8 Å². The second-order valence-electron chi connectivity index (χ2n) is 5.87. The molecule has 1 aliphatic carbocycles. The molecule has 1 aliphatic rings. The SMILES string of the molecule is CC(C)NC(=O)c1cc(C(=O)NC2CCCCC2)ccn1. The zero-order valence-electron chi connectivity index (χ0n) is 12.7. The molecular weight excluding hydrogens is 266 g/mol. The number of carbonyl (C=O) groups is 2. The molecule has 1 aromatic rings. The monoisotopic (exact) mass is 289 g/mol. The van der Waals surface area contributed by atoms with Crippen molar-refractivity contribution in [2.45, 2.75) is 58.0 Å². The summed E-state index contributed by atoms with van der Waals surface area (Å²) in [5.74, 6) is -0.375. The number of rotatable bonds is 4. The predicted molar refractivity (Wildman–Crippen MR) is 81.2 cm³/mol. The number of amides is 2. The Balaban J connectivity index is 2.02. The van der Waals surface area contributed by atoms with Crippen molar-refractivity contribution in [2.75, 3.05) is 0 Å². The van der Waals surface area contributed by atoms with E-state index < -0.39 is 0 Å². The van der Waals surface area contributed by atoms with Crippen LogP contribution in [0.1, 0.15) is 66.8 Å². The largest absolute Gasteiger partial charge is 0.349 e. The second kappa shape index (κ2) is 7.20. The van der Waals surface area contributed by atoms with Crippen LogP contribution in [0.5, 0.6) is 0 Å². The molecule has 2 rings (SSSR count). The molecule has 0 radical (unpaired) electrons. The molecule has 0 spiro atoms. The van der Waals surface area contributed by atoms with E-state index in [9.17, 15) is 9.59 Å². The average Bonchev–Trinajstić information content (AvgIpc) is 2.47. The Kier molecular flexibility index (Phi) is 5.31. The summed E-state index contributed by atoms with van der Waals surface area (Å²) in [7, 11) is 0. The molecule has 2 N–H and O–H groups in total. The lowest BCUT2D eigenvalue weighted by atomic mass is 9.95. The zero-order chi connectivity index (χ0) is 15.2. The van der Waals surface area contributed by atoms with Crippen LogP contribution in [0.25, 0.3) is 0 Å². The Morgan fingerprint density at radius 1 is 1.19 bits per heavy atom. The molecule has 0 bridgehead atoms. The van der Waals surface area contributed by atoms with E-state index in [0.29, 0.717) is 5.56 Å². The van der Waals surface area contributed by atoms with E-state index in [2.05, 4.69) is 15.6 Å². The molecule has 0 saturated heterocycles. The summed E-state index contributed by atoms with van der Waals surface area (Å²) in [6.07, 6.45) is 7.17. The van der Waals surface area contributed by atoms with Gasteiger partial charge in [-0.3, -0.25) is 14.6 Å². The lowest BCUT2D eigenvalue weighted by Gasteiger charge is -2.22. The van der Waals surface area contributed by atoms with Crippen molar-refractivity contribution < 1.29 is 9.59 Å². The summed E-state index contributed by atoms with van der Waals surface area (Å²) in [4.78, 5) is 28.2. The summed E-state index contributed by atoms with van der Waals surface area (Å²) in [6, 6.07) is 3.49. The van der Waals surface area contributed by atoms with Gasteiger partial charge in [0.15, 0.2) is 0 Å². The molecule has 1 saturated carbocycles. The molecule has 21 heavy (non-hydrogen) atoms. The van der Waals surface area contributed by atoms with Crippen LogP contribution in [0.15, 0.2) is 18.3 Å². The van der Waals surface area contributed by atoms with Crippen molar-refractivity contribution in [3.8, 4) is 0 Å². The second-order valence-corrected chi connectivity index (χ2v) is 5.87. The third-order valence-electron chi connectivity index (χ3n) is 3.61. The highest BCUT2D eigenvalue weighted by atomic mass is 16.2. The topological polar surface area (TPSA) is 71.1 Å². The summed E-state index contributed by atoms with van der Waals surface area (Å²) in [5.41, 5.74) is 0.768. The van der Waals surface area contributed by atoms with Gasteiger partial charge in [-0.2, -0.15) is 0 Å². The molecule has 1 fully saturated rings. The van der Waals surface area contributed by atoms with E-state index in [4.69, 9.17) is 0 Å². The fraction of sp³-hybridized carbons (Fsp3) is 0.562. The summed E-state index contributed by atoms with van der Waals surface area (Å²) in [6.45, 7) is 3.77. The van der Waals surface area contributed by atoms with Gasteiger partial charge in [0.1, 0.15) is 5.69 Å². The van der Waals surface area contributed by atoms with Crippen molar-refractivity contribution in [2.24, 2.45) is 0 Å². The summed E-state index contributed by atoms with van der Waals surface area (Å²) in [5, 5.41) is 5.82. The van der Waals surface area contributed by atoms with Gasteiger partial charge in [-0.1, -0.05) is 19.3 Å². The van der Waals surface area contributed by atoms with Crippen LogP contribution in [-0.4, -0.2) is 28.9 Å². The van der Waals surface area contributed by atoms with Gasteiger partial charge in [-0.05, 0) is 38.8 Å². The van der Waals surface area contributed by atoms with Crippen LogP contribution in [0.3, 0.4) is 0 Å². The standard InChI is InChI=1S/C16H23N3O2/c1-11(2)18-16(21)14-10-12(8-9-17-14)15(20)19-13-6-4-3-5-7-13/h8-11,13H,3-7H2,1-2H3,(H,18,21)(H,19,20). The highest BCUT2D eigenvalue weighted by Gasteiger charge is 2.18. The number of hydrogen-bond donors (Lipinski definition) is 2. The van der Waals surface area contributed by atoms with E-state index in [1.165, 1.54) is 25.5 Å². The van der Waals surface area contributed by atoms with Crippen LogP contribution >= 0.6 is 0 Å². The minimum Gasteiger partial charge on any atom is -0.349 e. The number of pyridine rings is 1. The van der Waals surface area contributed by atoms with Gasteiger partial charge in [0, 0.05) is 23.8 Å². The fourth-order valence-electron chi connectivity index (χ4n) is 2.55. The molecule has 0 aliphatic heterocycles. The molecule has 5 nitrogen and oxygen atoms in total. The van der Waals surface area contributed by atoms with E-state index in [-0.39, 0.29) is 29.6 Å². The molecule has 0 atom stereocenters. The van der Waals surface area contributed by atoms with Crippen LogP contribution in [0.4, 0.5) is 0 Å². The first-order valence-corrected chi connectivity index (χ1v) is 7.64. The Morgan fingerprint density at radius 3 is 2.57 bits per heavy atom. The van der Waals surface area contributed by atoms with Crippen LogP contribution in [0, 0.1) is 0 Å². The highest BCUT2D eigenvalue weighted by molar-refractivity contribution is 5.98. The van der Waals surface area contributed by atoms with Crippen LogP contribution < -0.4 is 10.6 Å². The maximum Gasteiger partial charge on any atom is 0.270 e. The van der Waals surface area contributed by atoms with E-state index in [0.717, 1.165) is 12.8 Å². The number of nitrogens with zero attached hydrogens (tertiary/aromatic N) is 1. The van der Waals surface area contributed by atoms with Crippen molar-refractivity contribution in [3.63, 3.8) is 0 Å². The third-order valence-corrected chi connectivity index (χ3v) is 3.61. The van der Waals surface area contributed by atoms with Gasteiger partial charge < -0.3 is 10.6 Å². The molecule has 114 valence electrons. The van der Waals surface area contributed by atoms with Gasteiger partial charge in [0.25, 0.3) is 11.8 Å². The van der Waals surface area contributed by atoms with E-state index in [1.54, 1.807) is 12.1 Å². The quantitative estimate of drug-likeness (QED) is 0.893. The van der Waals surface area contributed by atoms with Gasteiger partial charge in [0.05, 0.1) is 0 Å². The first kappa shape index (κ1) is 15.5. The Hall–Kier alpha value is -1.91. The number of carbonyl (C=O) groups excluding carboxylic acids is 2. The zero-order valence-corrected chi connectivity index (χ0v) is 12.7. The lowest BCUT2D eigenvalue weighted by Crippen LogP contribution is -2.36. The molecule has 0 aromatic carbocycles. The van der Waals surface area contributed by atoms with Crippen molar-refractivity contribution in [3.05, 3.63) is 29.6 Å². The van der Waals surface area contributed by atoms with Crippen LogP contribution in [0.2, 0.25) is 0 Å². The smallest absolute Gasteiger partial charge is 0.270 e. The first-order chi connectivity index (χ1) is 10.1. The first-order valence-electron chi connectivity index (χ1n) is 7.64. The van der Waals surface area contributed by atoms with E-state index in [1.807, 2.05) is 13.8 Å². The minimum absolute atomic E-state index is 0.0408. The number of hydrogen-bond acceptors (Lipinski definition) is 3. The van der Waals surface area contributed by atoms with Gasteiger partial charge in [-0.15, -0.1) is 0 Å². The maximum absolute atomic E-state index is 12.2. The van der Waals surface area contributed by atoms with Crippen LogP contribution in [-0.2, 0) is 0 Å². The van der Waals surface area contributed by atoms with Crippen molar-refractivity contribution in [1.29, 1.82) is 0 Å². The molecule has 5 heteroatoms. The normalized spacial score (nSPS) is 15.8. The van der Waals surface area contributed by atoms with Crippen molar-refractivity contribution in [1.82, 2.24) is 15.6 Å². The highest BCUT2D eigenvalue weighted by Crippen LogP contribution is 2.17. The van der Waals surface area contributed by atoms with Gasteiger partial charge in [-0.25, -0.2) is 0 Å². The lowest BCUT2D eigenvalue weighted by molar-refractivity contribution is 0.0927. The third kappa shape index (κ3) is 4.55. The minimum atomic E-state index is -0.252. The number of nitrogens with one attached hydrogen (secondary N) is 2. The Morgan fingerprint density at radius 2 is 1.90 bits per heavy atom. The van der Waals surface area contributed by atoms with E-state index >= 15 is 0 Å². The predicted octanol–water partition coefficient (Wildman–Crippen LogP) is 2.28. The Bertz CT molecular complexity index is 508. The molecule has 1 aromatic heterocycles. The fourth-order valence-corrected chi connectivity index (χ4v) is 2.55. The molecule has 2 amide bonds. The average molecular weight is 289 g/mol. The Labute approximate surface area is 125 Å². The maximum atomic E-state index is 12.2. The molecule has 0 unspecified atom stereocenters. The molecule has 1 heterocycles. The number of aromatic nitrogens is 1. The summed E-state index contributed by atoms with van der Waals surface area (Å²) >= 11 is 0. The molecular formula is C16H23N3O2. The van der Waals surface area contributed by atoms with Gasteiger partial charge in [0.2, 0.25) is 0 Å². The van der Waals surface area contributed by atoms with Gasteiger partial charge >= 0.3 is 0 Å².